The van der Waals surface area contributed by atoms with Gasteiger partial charge in [-0.2, -0.15) is 0 Å². The second-order valence-electron chi connectivity index (χ2n) is 5.41. The highest BCUT2D eigenvalue weighted by atomic mass is 16.6. The minimum absolute atomic E-state index is 0.0798. The minimum Gasteiger partial charge on any atom is -0.446 e. The molecule has 3 heteroatoms. The van der Waals surface area contributed by atoms with Gasteiger partial charge >= 0.3 is 6.09 Å². The van der Waals surface area contributed by atoms with Crippen molar-refractivity contribution in [3.8, 4) is 0 Å². The Bertz CT molecular complexity index is 442. The number of fused-ring (bicyclic) bond motifs is 1. The molecule has 1 unspecified atom stereocenters. The first-order chi connectivity index (χ1) is 9.13. The SMILES string of the molecule is CCCC1CCc2ccccc2N1C(=O)OC(C)C. The van der Waals surface area contributed by atoms with Crippen molar-refractivity contribution in [3.05, 3.63) is 29.8 Å². The first kappa shape index (κ1) is 13.9. The molecule has 0 aliphatic carbocycles. The number of nitrogens with zero attached hydrogens (tertiary/aromatic N) is 1. The summed E-state index contributed by atoms with van der Waals surface area (Å²) in [5, 5.41) is 0. The van der Waals surface area contributed by atoms with Crippen LogP contribution in [0.1, 0.15) is 45.6 Å². The molecule has 1 aromatic carbocycles. The standard InChI is InChI=1S/C16H23NO2/c1-4-7-14-11-10-13-8-5-6-9-15(13)17(14)16(18)19-12(2)3/h5-6,8-9,12,14H,4,7,10-11H2,1-3H3. The van der Waals surface area contributed by atoms with E-state index in [4.69, 9.17) is 4.74 Å². The molecule has 104 valence electrons. The van der Waals surface area contributed by atoms with Gasteiger partial charge in [-0.1, -0.05) is 31.5 Å². The summed E-state index contributed by atoms with van der Waals surface area (Å²) in [5.74, 6) is 0. The summed E-state index contributed by atoms with van der Waals surface area (Å²) in [6.45, 7) is 5.94. The van der Waals surface area contributed by atoms with Crippen molar-refractivity contribution in [2.24, 2.45) is 0 Å². The number of para-hydroxylation sites is 1. The molecule has 0 aromatic heterocycles. The summed E-state index contributed by atoms with van der Waals surface area (Å²) in [4.78, 5) is 14.2. The lowest BCUT2D eigenvalue weighted by atomic mass is 9.93. The molecule has 3 nitrogen and oxygen atoms in total. The number of carbonyl (C=O) groups is 1. The van der Waals surface area contributed by atoms with E-state index >= 15 is 0 Å². The summed E-state index contributed by atoms with van der Waals surface area (Å²) < 4.78 is 5.41. The molecule has 19 heavy (non-hydrogen) atoms. The highest BCUT2D eigenvalue weighted by molar-refractivity contribution is 5.90. The molecule has 0 spiro atoms. The number of aryl methyl sites for hydroxylation is 1. The zero-order chi connectivity index (χ0) is 13.8. The lowest BCUT2D eigenvalue weighted by Gasteiger charge is -2.36. The van der Waals surface area contributed by atoms with E-state index in [-0.39, 0.29) is 18.2 Å². The van der Waals surface area contributed by atoms with Gasteiger partial charge in [0.05, 0.1) is 11.8 Å². The number of hydrogen-bond donors (Lipinski definition) is 0. The lowest BCUT2D eigenvalue weighted by Crippen LogP contribution is -2.44. The van der Waals surface area contributed by atoms with Crippen LogP contribution in [0.15, 0.2) is 24.3 Å². The van der Waals surface area contributed by atoms with E-state index in [1.54, 1.807) is 0 Å². The summed E-state index contributed by atoms with van der Waals surface area (Å²) in [6.07, 6.45) is 3.90. The Balaban J connectivity index is 2.30. The third kappa shape index (κ3) is 3.09. The zero-order valence-corrected chi connectivity index (χ0v) is 12.1. The monoisotopic (exact) mass is 261 g/mol. The molecule has 1 aliphatic rings. The fourth-order valence-corrected chi connectivity index (χ4v) is 2.72. The molecule has 1 amide bonds. The topological polar surface area (TPSA) is 29.5 Å². The number of anilines is 1. The van der Waals surface area contributed by atoms with Crippen LogP contribution in [0.3, 0.4) is 0 Å². The number of ether oxygens (including phenoxy) is 1. The van der Waals surface area contributed by atoms with Crippen molar-refractivity contribution in [2.75, 3.05) is 4.90 Å². The van der Waals surface area contributed by atoms with Crippen LogP contribution in [0.25, 0.3) is 0 Å². The first-order valence-corrected chi connectivity index (χ1v) is 7.21. The van der Waals surface area contributed by atoms with E-state index < -0.39 is 0 Å². The van der Waals surface area contributed by atoms with Crippen molar-refractivity contribution >= 4 is 11.8 Å². The Morgan fingerprint density at radius 3 is 2.84 bits per heavy atom. The van der Waals surface area contributed by atoms with Crippen molar-refractivity contribution in [1.82, 2.24) is 0 Å². The minimum atomic E-state index is -0.208. The van der Waals surface area contributed by atoms with Gasteiger partial charge in [0, 0.05) is 6.04 Å². The van der Waals surface area contributed by atoms with E-state index in [0.29, 0.717) is 0 Å². The second kappa shape index (κ2) is 6.09. The molecule has 0 radical (unpaired) electrons. The van der Waals surface area contributed by atoms with Crippen molar-refractivity contribution in [1.29, 1.82) is 0 Å². The van der Waals surface area contributed by atoms with Gasteiger partial charge in [0.1, 0.15) is 0 Å². The Kier molecular flexibility index (Phi) is 4.46. The molecule has 0 saturated carbocycles. The summed E-state index contributed by atoms with van der Waals surface area (Å²) in [6, 6.07) is 8.42. The fraction of sp³-hybridized carbons (Fsp3) is 0.562. The van der Waals surface area contributed by atoms with Crippen LogP contribution in [-0.2, 0) is 11.2 Å². The van der Waals surface area contributed by atoms with Crippen LogP contribution < -0.4 is 4.90 Å². The lowest BCUT2D eigenvalue weighted by molar-refractivity contribution is 0.119. The Morgan fingerprint density at radius 2 is 2.16 bits per heavy atom. The molecule has 2 rings (SSSR count). The third-order valence-corrected chi connectivity index (χ3v) is 3.52. The molecule has 1 atom stereocenters. The molecule has 0 fully saturated rings. The highest BCUT2D eigenvalue weighted by Crippen LogP contribution is 2.33. The predicted octanol–water partition coefficient (Wildman–Crippen LogP) is 4.15. The smallest absolute Gasteiger partial charge is 0.414 e. The third-order valence-electron chi connectivity index (χ3n) is 3.52. The summed E-state index contributed by atoms with van der Waals surface area (Å²) >= 11 is 0. The van der Waals surface area contributed by atoms with Crippen LogP contribution in [0, 0.1) is 0 Å². The first-order valence-electron chi connectivity index (χ1n) is 7.21. The van der Waals surface area contributed by atoms with E-state index in [0.717, 1.165) is 31.4 Å². The zero-order valence-electron chi connectivity index (χ0n) is 12.1. The van der Waals surface area contributed by atoms with E-state index in [1.807, 2.05) is 36.9 Å². The van der Waals surface area contributed by atoms with Gasteiger partial charge in [0.2, 0.25) is 0 Å². The van der Waals surface area contributed by atoms with E-state index in [2.05, 4.69) is 13.0 Å². The summed E-state index contributed by atoms with van der Waals surface area (Å²) in [7, 11) is 0. The molecule has 0 N–H and O–H groups in total. The van der Waals surface area contributed by atoms with Gasteiger partial charge in [-0.25, -0.2) is 4.79 Å². The van der Waals surface area contributed by atoms with Crippen molar-refractivity contribution in [2.45, 2.75) is 58.6 Å². The molecule has 0 saturated heterocycles. The Labute approximate surface area is 115 Å². The maximum Gasteiger partial charge on any atom is 0.414 e. The van der Waals surface area contributed by atoms with Crippen LogP contribution in [0.2, 0.25) is 0 Å². The normalized spacial score (nSPS) is 18.3. The second-order valence-corrected chi connectivity index (χ2v) is 5.41. The van der Waals surface area contributed by atoms with Gasteiger partial charge in [0.15, 0.2) is 0 Å². The molecule has 1 aromatic rings. The number of benzene rings is 1. The average Bonchev–Trinajstić information content (AvgIpc) is 2.37. The molecular formula is C16H23NO2. The van der Waals surface area contributed by atoms with Crippen LogP contribution in [0.5, 0.6) is 0 Å². The van der Waals surface area contributed by atoms with Crippen molar-refractivity contribution < 1.29 is 9.53 Å². The predicted molar refractivity (Wildman–Crippen MR) is 77.6 cm³/mol. The molecule has 1 heterocycles. The quantitative estimate of drug-likeness (QED) is 0.818. The number of rotatable bonds is 3. The maximum atomic E-state index is 12.4. The van der Waals surface area contributed by atoms with Gasteiger partial charge in [-0.3, -0.25) is 4.90 Å². The number of amides is 1. The van der Waals surface area contributed by atoms with Crippen LogP contribution >= 0.6 is 0 Å². The van der Waals surface area contributed by atoms with Gasteiger partial charge in [-0.05, 0) is 44.7 Å². The Morgan fingerprint density at radius 1 is 1.42 bits per heavy atom. The van der Waals surface area contributed by atoms with Gasteiger partial charge in [0.25, 0.3) is 0 Å². The average molecular weight is 261 g/mol. The van der Waals surface area contributed by atoms with Gasteiger partial charge < -0.3 is 4.74 Å². The van der Waals surface area contributed by atoms with Crippen LogP contribution in [0.4, 0.5) is 10.5 Å². The molecule has 0 bridgehead atoms. The molecule has 1 aliphatic heterocycles. The summed E-state index contributed by atoms with van der Waals surface area (Å²) in [5.41, 5.74) is 2.27. The largest absolute Gasteiger partial charge is 0.446 e. The van der Waals surface area contributed by atoms with Gasteiger partial charge in [-0.15, -0.1) is 0 Å². The fourth-order valence-electron chi connectivity index (χ4n) is 2.72. The highest BCUT2D eigenvalue weighted by Gasteiger charge is 2.31. The van der Waals surface area contributed by atoms with Crippen LogP contribution in [-0.4, -0.2) is 18.2 Å². The number of carbonyl (C=O) groups excluding carboxylic acids is 1. The van der Waals surface area contributed by atoms with Crippen molar-refractivity contribution in [3.63, 3.8) is 0 Å². The Hall–Kier alpha value is -1.51. The molecular weight excluding hydrogens is 238 g/mol. The van der Waals surface area contributed by atoms with E-state index in [1.165, 1.54) is 5.56 Å². The van der Waals surface area contributed by atoms with E-state index in [9.17, 15) is 4.79 Å². The maximum absolute atomic E-state index is 12.4. The number of hydrogen-bond acceptors (Lipinski definition) is 2.